The van der Waals surface area contributed by atoms with E-state index < -0.39 is 9.05 Å². The molecule has 0 spiro atoms. The van der Waals surface area contributed by atoms with Gasteiger partial charge in [-0.15, -0.1) is 0 Å². The van der Waals surface area contributed by atoms with Crippen LogP contribution < -0.4 is 19.2 Å². The van der Waals surface area contributed by atoms with E-state index in [9.17, 15) is 0 Å². The molecule has 0 amide bonds. The molecule has 0 aliphatic heterocycles. The predicted molar refractivity (Wildman–Crippen MR) is 22.8 cm³/mol. The first-order valence-corrected chi connectivity index (χ1v) is 2.45. The van der Waals surface area contributed by atoms with Gasteiger partial charge in [-0.3, -0.25) is 0 Å². The van der Waals surface area contributed by atoms with Gasteiger partial charge in [0.25, 0.3) is 0 Å². The molecule has 0 heterocycles. The van der Waals surface area contributed by atoms with E-state index in [0.29, 0.717) is 0 Å². The van der Waals surface area contributed by atoms with Gasteiger partial charge in [0.15, 0.2) is 0 Å². The summed E-state index contributed by atoms with van der Waals surface area (Å²) < 4.78 is 0. The van der Waals surface area contributed by atoms with Crippen molar-refractivity contribution in [2.24, 2.45) is 0 Å². The Morgan fingerprint density at radius 3 is 0.889 bits per heavy atom. The fourth-order valence-corrected chi connectivity index (χ4v) is 0. The van der Waals surface area contributed by atoms with Crippen molar-refractivity contribution in [3.63, 3.8) is 0 Å². The number of rotatable bonds is 0. The van der Waals surface area contributed by atoms with Gasteiger partial charge in [0.2, 0.25) is 0 Å². The van der Waals surface area contributed by atoms with Crippen LogP contribution in [-0.2, 0) is 0 Å². The smallest absolute Gasteiger partial charge is 0.894 e. The molecule has 0 aromatic heterocycles. The van der Waals surface area contributed by atoms with Crippen LogP contribution in [0.4, 0.5) is 0 Å². The fraction of sp³-hybridized carbons (Fsp3) is 0. The van der Waals surface area contributed by atoms with Gasteiger partial charge >= 0.3 is 40.4 Å². The van der Waals surface area contributed by atoms with Crippen molar-refractivity contribution < 1.29 is 30.1 Å². The van der Waals surface area contributed by atoms with E-state index >= 15 is 0 Å². The van der Waals surface area contributed by atoms with Crippen LogP contribution in [0.1, 0.15) is 0 Å². The minimum absolute atomic E-state index is 0. The molecular formula is H3AlMgO6Si. The third-order valence-corrected chi connectivity index (χ3v) is 0. The van der Waals surface area contributed by atoms with Gasteiger partial charge in [0.05, 0.1) is 0 Å². The molecule has 0 saturated carbocycles. The number of hydrogen-bond acceptors (Lipinski definition) is 5. The van der Waals surface area contributed by atoms with Gasteiger partial charge < -0.3 is 39.2 Å². The van der Waals surface area contributed by atoms with Crippen LogP contribution in [0.15, 0.2) is 0 Å². The Hall–Kier alpha value is 1.28. The summed E-state index contributed by atoms with van der Waals surface area (Å²) in [5, 5.41) is 0. The first-order valence-electron chi connectivity index (χ1n) is 0.816. The molecule has 0 unspecified atom stereocenters. The molecule has 0 bridgehead atoms. The monoisotopic (exact) mass is 178 g/mol. The van der Waals surface area contributed by atoms with E-state index in [2.05, 4.69) is 0 Å². The average Bonchev–Trinajstić information content (AvgIpc) is 0.722. The molecule has 0 atom stereocenters. The Kier molecular flexibility index (Phi) is 42.4. The fourth-order valence-electron chi connectivity index (χ4n) is 0. The Labute approximate surface area is 79.5 Å². The first kappa shape index (κ1) is 31.8. The molecule has 0 aromatic rings. The summed E-state index contributed by atoms with van der Waals surface area (Å²) in [6.07, 6.45) is 0. The van der Waals surface area contributed by atoms with Gasteiger partial charge in [-0.1, -0.05) is 0 Å². The van der Waals surface area contributed by atoms with Crippen molar-refractivity contribution in [1.82, 2.24) is 0 Å². The van der Waals surface area contributed by atoms with Crippen molar-refractivity contribution in [2.45, 2.75) is 0 Å². The van der Waals surface area contributed by atoms with Gasteiger partial charge in [-0.05, 0) is 0 Å². The zero-order valence-corrected chi connectivity index (χ0v) is 7.93. The van der Waals surface area contributed by atoms with E-state index in [1.54, 1.807) is 0 Å². The topological polar surface area (TPSA) is 154 Å². The summed E-state index contributed by atoms with van der Waals surface area (Å²) in [7, 11) is -5.61. The van der Waals surface area contributed by atoms with E-state index in [0.717, 1.165) is 0 Å². The van der Waals surface area contributed by atoms with Crippen LogP contribution in [-0.4, -0.2) is 60.4 Å². The zero-order valence-electron chi connectivity index (χ0n) is 4.36. The van der Waals surface area contributed by atoms with Gasteiger partial charge in [-0.25, -0.2) is 0 Å². The van der Waals surface area contributed by atoms with Crippen molar-refractivity contribution in [2.75, 3.05) is 0 Å². The van der Waals surface area contributed by atoms with Gasteiger partial charge in [0.1, 0.15) is 0 Å². The molecule has 48 valence electrons. The summed E-state index contributed by atoms with van der Waals surface area (Å²) in [5.74, 6) is 0. The van der Waals surface area contributed by atoms with Crippen LogP contribution >= 0.6 is 0 Å². The SMILES string of the molecule is O.[Al+3].[Mg+2].[O-][Si]([O-])([O-])[O-].[OH-]. The molecule has 6 nitrogen and oxygen atoms in total. The normalized spacial score (nSPS) is 6.67. The summed E-state index contributed by atoms with van der Waals surface area (Å²) in [6, 6.07) is 0. The maximum Gasteiger partial charge on any atom is 3.00 e. The standard InChI is InChI=1S/Al.Mg.O4Si.2H2O/c;;1-5(2,3)4;;/h;;;2*1H2/q+3;+2;-4;;/p-1. The molecule has 0 aliphatic rings. The molecule has 9 heteroatoms. The van der Waals surface area contributed by atoms with Crippen LogP contribution in [0.25, 0.3) is 0 Å². The minimum Gasteiger partial charge on any atom is -0.894 e. The molecule has 3 N–H and O–H groups in total. The quantitative estimate of drug-likeness (QED) is 0.337. The zero-order chi connectivity index (χ0) is 4.50. The Balaban J connectivity index is -0.0000000133. The van der Waals surface area contributed by atoms with Gasteiger partial charge in [0, 0.05) is 0 Å². The second-order valence-corrected chi connectivity index (χ2v) is 1.50. The van der Waals surface area contributed by atoms with E-state index in [4.69, 9.17) is 19.2 Å². The van der Waals surface area contributed by atoms with Crippen molar-refractivity contribution in [1.29, 1.82) is 0 Å². The largest absolute Gasteiger partial charge is 3.00 e. The van der Waals surface area contributed by atoms with Crippen LogP contribution in [0.3, 0.4) is 0 Å². The molecule has 0 saturated heterocycles. The van der Waals surface area contributed by atoms with Crippen molar-refractivity contribution >= 4 is 49.5 Å². The van der Waals surface area contributed by atoms with Gasteiger partial charge in [-0.2, -0.15) is 0 Å². The van der Waals surface area contributed by atoms with Crippen LogP contribution in [0.2, 0.25) is 0 Å². The first-order chi connectivity index (χ1) is 2.00. The molecule has 0 aliphatic carbocycles. The Bertz CT molecular complexity index is 28.5. The van der Waals surface area contributed by atoms with Crippen molar-refractivity contribution in [3.8, 4) is 0 Å². The summed E-state index contributed by atoms with van der Waals surface area (Å²) in [4.78, 5) is 34.3. The molecular weight excluding hydrogens is 175 g/mol. The van der Waals surface area contributed by atoms with Crippen LogP contribution in [0, 0.1) is 0 Å². The number of hydrogen-bond donors (Lipinski definition) is 0. The molecule has 0 radical (unpaired) electrons. The Morgan fingerprint density at radius 1 is 0.889 bits per heavy atom. The third kappa shape index (κ3) is 302. The second-order valence-electron chi connectivity index (χ2n) is 0.500. The summed E-state index contributed by atoms with van der Waals surface area (Å²) >= 11 is 0. The predicted octanol–water partition coefficient (Wildman–Crippen LogP) is -6.90. The molecule has 9 heavy (non-hydrogen) atoms. The van der Waals surface area contributed by atoms with Crippen molar-refractivity contribution in [3.05, 3.63) is 0 Å². The van der Waals surface area contributed by atoms with E-state index in [-0.39, 0.29) is 51.4 Å². The second kappa shape index (κ2) is 12.0. The maximum atomic E-state index is 8.58. The molecule has 0 aromatic carbocycles. The third-order valence-electron chi connectivity index (χ3n) is 0. The Morgan fingerprint density at radius 2 is 0.889 bits per heavy atom. The summed E-state index contributed by atoms with van der Waals surface area (Å²) in [5.41, 5.74) is 0. The van der Waals surface area contributed by atoms with E-state index in [1.165, 1.54) is 0 Å². The van der Waals surface area contributed by atoms with E-state index in [1.807, 2.05) is 0 Å². The maximum absolute atomic E-state index is 8.58. The molecule has 0 fully saturated rings. The molecule has 0 rings (SSSR count). The average molecular weight is 178 g/mol. The minimum atomic E-state index is -5.61. The van der Waals surface area contributed by atoms with Crippen LogP contribution in [0.5, 0.6) is 0 Å². The summed E-state index contributed by atoms with van der Waals surface area (Å²) in [6.45, 7) is 0.